The Bertz CT molecular complexity index is 1800. The molecule has 41 heavy (non-hydrogen) atoms. The standard InChI is InChI=1S/C31H27FN4O5/c1-16(13-27(37)38)28-17(2)25(33-18(28)3)15-24-22-11-8-20(14-26(22)35-30(24)40)34-29(39)23-5-4-12-36(31(23)41)21-9-6-19(32)7-10-21/h4-12,14-16,33H,13H2,1-3H3,(H,34,39)(H,35,40)(H,37,38)/b24-15-. The second-order valence-corrected chi connectivity index (χ2v) is 10.0. The van der Waals surface area contributed by atoms with E-state index >= 15 is 0 Å². The van der Waals surface area contributed by atoms with Gasteiger partial charge in [-0.05, 0) is 85.5 Å². The maximum atomic E-state index is 13.3. The Labute approximate surface area is 234 Å². The molecule has 208 valence electrons. The van der Waals surface area contributed by atoms with Crippen LogP contribution < -0.4 is 16.2 Å². The van der Waals surface area contributed by atoms with Crippen molar-refractivity contribution in [1.82, 2.24) is 9.55 Å². The second kappa shape index (κ2) is 10.7. The number of fused-ring (bicyclic) bond motifs is 1. The van der Waals surface area contributed by atoms with Crippen LogP contribution in [0, 0.1) is 19.7 Å². The lowest BCUT2D eigenvalue weighted by molar-refractivity contribution is -0.137. The summed E-state index contributed by atoms with van der Waals surface area (Å²) in [5.74, 6) is -2.47. The molecule has 0 saturated heterocycles. The van der Waals surface area contributed by atoms with E-state index < -0.39 is 23.3 Å². The number of carbonyl (C=O) groups excluding carboxylic acids is 2. The number of anilines is 2. The summed E-state index contributed by atoms with van der Waals surface area (Å²) in [5, 5.41) is 14.7. The van der Waals surface area contributed by atoms with Crippen molar-refractivity contribution in [3.05, 3.63) is 111 Å². The number of aromatic amines is 1. The van der Waals surface area contributed by atoms with Crippen molar-refractivity contribution in [2.45, 2.75) is 33.1 Å². The number of aryl methyl sites for hydroxylation is 1. The maximum Gasteiger partial charge on any atom is 0.303 e. The minimum Gasteiger partial charge on any atom is -0.481 e. The van der Waals surface area contributed by atoms with Gasteiger partial charge in [0.1, 0.15) is 11.4 Å². The average molecular weight is 555 g/mol. The maximum absolute atomic E-state index is 13.3. The summed E-state index contributed by atoms with van der Waals surface area (Å²) in [6.45, 7) is 5.63. The van der Waals surface area contributed by atoms with Crippen molar-refractivity contribution < 1.29 is 23.9 Å². The van der Waals surface area contributed by atoms with Crippen LogP contribution in [0.2, 0.25) is 0 Å². The monoisotopic (exact) mass is 554 g/mol. The predicted octanol–water partition coefficient (Wildman–Crippen LogP) is 5.24. The van der Waals surface area contributed by atoms with Crippen molar-refractivity contribution in [2.24, 2.45) is 0 Å². The third kappa shape index (κ3) is 5.31. The van der Waals surface area contributed by atoms with Crippen molar-refractivity contribution >= 4 is 40.8 Å². The van der Waals surface area contributed by atoms with Crippen LogP contribution in [-0.4, -0.2) is 32.4 Å². The van der Waals surface area contributed by atoms with Crippen LogP contribution in [0.25, 0.3) is 17.3 Å². The van der Waals surface area contributed by atoms with Gasteiger partial charge in [0.2, 0.25) is 0 Å². The highest BCUT2D eigenvalue weighted by molar-refractivity contribution is 6.35. The van der Waals surface area contributed by atoms with Gasteiger partial charge in [-0.15, -0.1) is 0 Å². The van der Waals surface area contributed by atoms with Gasteiger partial charge in [0.15, 0.2) is 0 Å². The highest BCUT2D eigenvalue weighted by Gasteiger charge is 2.26. The Morgan fingerprint density at radius 3 is 2.54 bits per heavy atom. The zero-order chi connectivity index (χ0) is 29.4. The van der Waals surface area contributed by atoms with Crippen LogP contribution in [0.4, 0.5) is 15.8 Å². The van der Waals surface area contributed by atoms with Gasteiger partial charge in [-0.25, -0.2) is 4.39 Å². The molecule has 2 aromatic carbocycles. The van der Waals surface area contributed by atoms with Crippen LogP contribution >= 0.6 is 0 Å². The minimum atomic E-state index is -0.879. The van der Waals surface area contributed by atoms with E-state index in [9.17, 15) is 28.7 Å². The SMILES string of the molecule is Cc1[nH]c(/C=C2\C(=O)Nc3cc(NC(=O)c4cccn(-c5ccc(F)cc5)c4=O)ccc32)c(C)c1C(C)CC(=O)O. The smallest absolute Gasteiger partial charge is 0.303 e. The van der Waals surface area contributed by atoms with Gasteiger partial charge < -0.3 is 20.7 Å². The molecule has 0 bridgehead atoms. The first kappa shape index (κ1) is 27.3. The first-order valence-corrected chi connectivity index (χ1v) is 12.9. The predicted molar refractivity (Wildman–Crippen MR) is 154 cm³/mol. The Hall–Kier alpha value is -5.25. The molecular weight excluding hydrogens is 527 g/mol. The number of nitrogens with one attached hydrogen (secondary N) is 3. The molecule has 1 aliphatic rings. The fraction of sp³-hybridized carbons (Fsp3) is 0.161. The number of H-pyrrole nitrogens is 1. The van der Waals surface area contributed by atoms with E-state index in [1.807, 2.05) is 20.8 Å². The average Bonchev–Trinajstić information content (AvgIpc) is 3.37. The number of carboxylic acid groups (broad SMARTS) is 1. The summed E-state index contributed by atoms with van der Waals surface area (Å²) in [5.41, 5.74) is 5.03. The van der Waals surface area contributed by atoms with Crippen molar-refractivity contribution in [2.75, 3.05) is 10.6 Å². The first-order valence-electron chi connectivity index (χ1n) is 12.9. The number of halogens is 1. The van der Waals surface area contributed by atoms with Crippen molar-refractivity contribution in [1.29, 1.82) is 0 Å². The molecule has 0 radical (unpaired) electrons. The molecule has 10 heteroatoms. The molecule has 4 N–H and O–H groups in total. The van der Waals surface area contributed by atoms with E-state index in [2.05, 4.69) is 15.6 Å². The summed E-state index contributed by atoms with van der Waals surface area (Å²) >= 11 is 0. The molecule has 1 atom stereocenters. The number of rotatable bonds is 7. The van der Waals surface area contributed by atoms with Crippen LogP contribution in [0.3, 0.4) is 0 Å². The summed E-state index contributed by atoms with van der Waals surface area (Å²) in [6, 6.07) is 13.3. The lowest BCUT2D eigenvalue weighted by atomic mass is 9.93. The molecule has 5 rings (SSSR count). The molecule has 1 unspecified atom stereocenters. The lowest BCUT2D eigenvalue weighted by Crippen LogP contribution is -2.27. The van der Waals surface area contributed by atoms with E-state index in [-0.39, 0.29) is 23.8 Å². The van der Waals surface area contributed by atoms with Crippen LogP contribution in [0.5, 0.6) is 0 Å². The van der Waals surface area contributed by atoms with Gasteiger partial charge in [-0.3, -0.25) is 23.7 Å². The van der Waals surface area contributed by atoms with Crippen LogP contribution in [0.15, 0.2) is 65.6 Å². The highest BCUT2D eigenvalue weighted by atomic mass is 19.1. The van der Waals surface area contributed by atoms with Gasteiger partial charge >= 0.3 is 5.97 Å². The number of aromatic nitrogens is 2. The number of carbonyl (C=O) groups is 3. The normalized spacial score (nSPS) is 14.0. The van der Waals surface area contributed by atoms with E-state index in [0.717, 1.165) is 16.8 Å². The third-order valence-corrected chi connectivity index (χ3v) is 7.15. The van der Waals surface area contributed by atoms with E-state index in [0.29, 0.717) is 33.9 Å². The summed E-state index contributed by atoms with van der Waals surface area (Å²) in [4.78, 5) is 53.4. The molecule has 0 fully saturated rings. The quantitative estimate of drug-likeness (QED) is 0.232. The number of benzene rings is 2. The minimum absolute atomic E-state index is 0.00355. The van der Waals surface area contributed by atoms with Gasteiger partial charge in [0, 0.05) is 34.5 Å². The number of carboxylic acids is 1. The van der Waals surface area contributed by atoms with Gasteiger partial charge in [0.05, 0.1) is 17.7 Å². The molecule has 0 spiro atoms. The van der Waals surface area contributed by atoms with E-state index in [1.54, 1.807) is 30.3 Å². The first-order chi connectivity index (χ1) is 19.5. The number of hydrogen-bond acceptors (Lipinski definition) is 4. The molecule has 3 heterocycles. The van der Waals surface area contributed by atoms with E-state index in [1.165, 1.54) is 41.1 Å². The largest absolute Gasteiger partial charge is 0.481 e. The zero-order valence-electron chi connectivity index (χ0n) is 22.5. The Morgan fingerprint density at radius 2 is 1.83 bits per heavy atom. The summed E-state index contributed by atoms with van der Waals surface area (Å²) in [7, 11) is 0. The Balaban J connectivity index is 1.40. The van der Waals surface area contributed by atoms with Gasteiger partial charge in [-0.1, -0.05) is 13.0 Å². The number of pyridine rings is 1. The Kier molecular flexibility index (Phi) is 7.15. The molecule has 0 aliphatic carbocycles. The summed E-state index contributed by atoms with van der Waals surface area (Å²) < 4.78 is 14.6. The van der Waals surface area contributed by atoms with E-state index in [4.69, 9.17) is 0 Å². The molecule has 1 aliphatic heterocycles. The fourth-order valence-electron chi connectivity index (χ4n) is 5.27. The molecule has 9 nitrogen and oxygen atoms in total. The number of hydrogen-bond donors (Lipinski definition) is 4. The number of nitrogens with zero attached hydrogens (tertiary/aromatic N) is 1. The highest BCUT2D eigenvalue weighted by Crippen LogP contribution is 2.37. The topological polar surface area (TPSA) is 133 Å². The fourth-order valence-corrected chi connectivity index (χ4v) is 5.27. The molecule has 4 aromatic rings. The third-order valence-electron chi connectivity index (χ3n) is 7.15. The molecule has 2 amide bonds. The molecule has 0 saturated carbocycles. The summed E-state index contributed by atoms with van der Waals surface area (Å²) in [6.07, 6.45) is 3.23. The van der Waals surface area contributed by atoms with Gasteiger partial charge in [-0.2, -0.15) is 0 Å². The lowest BCUT2D eigenvalue weighted by Gasteiger charge is -2.10. The van der Waals surface area contributed by atoms with Gasteiger partial charge in [0.25, 0.3) is 17.4 Å². The van der Waals surface area contributed by atoms with Crippen molar-refractivity contribution in [3.63, 3.8) is 0 Å². The zero-order valence-corrected chi connectivity index (χ0v) is 22.5. The number of amides is 2. The Morgan fingerprint density at radius 1 is 1.10 bits per heavy atom. The molecule has 2 aromatic heterocycles. The van der Waals surface area contributed by atoms with Crippen molar-refractivity contribution in [3.8, 4) is 5.69 Å². The van der Waals surface area contributed by atoms with Crippen LogP contribution in [-0.2, 0) is 9.59 Å². The van der Waals surface area contributed by atoms with Crippen LogP contribution in [0.1, 0.15) is 57.7 Å². The molecular formula is C31H27FN4O5. The number of aliphatic carboxylic acids is 1. The second-order valence-electron chi connectivity index (χ2n) is 10.0.